The van der Waals surface area contributed by atoms with Crippen LogP contribution in [0.2, 0.25) is 0 Å². The Bertz CT molecular complexity index is 609. The Kier molecular flexibility index (Phi) is 3.01. The molecular formula is C13H19N5OS. The Morgan fingerprint density at radius 3 is 2.95 bits per heavy atom. The van der Waals surface area contributed by atoms with E-state index in [1.165, 1.54) is 5.01 Å². The number of aromatic nitrogens is 4. The van der Waals surface area contributed by atoms with Crippen LogP contribution in [0.15, 0.2) is 0 Å². The average molecular weight is 293 g/mol. The van der Waals surface area contributed by atoms with Crippen molar-refractivity contribution in [3.05, 3.63) is 10.8 Å². The van der Waals surface area contributed by atoms with Gasteiger partial charge in [0.1, 0.15) is 5.01 Å². The lowest BCUT2D eigenvalue weighted by Gasteiger charge is -2.31. The molecule has 2 saturated heterocycles. The Balaban J connectivity index is 1.71. The lowest BCUT2D eigenvalue weighted by atomic mass is 9.82. The second-order valence-electron chi connectivity index (χ2n) is 6.03. The van der Waals surface area contributed by atoms with E-state index in [9.17, 15) is 0 Å². The van der Waals surface area contributed by atoms with Crippen molar-refractivity contribution in [2.75, 3.05) is 26.3 Å². The Morgan fingerprint density at radius 2 is 2.20 bits per heavy atom. The molecule has 1 unspecified atom stereocenters. The molecule has 4 heterocycles. The fraction of sp³-hybridized carbons (Fsp3) is 0.769. The van der Waals surface area contributed by atoms with Gasteiger partial charge in [0.15, 0.2) is 5.82 Å². The molecule has 4 rings (SSSR count). The maximum Gasteiger partial charge on any atom is 0.234 e. The lowest BCUT2D eigenvalue weighted by Crippen LogP contribution is -2.37. The predicted octanol–water partition coefficient (Wildman–Crippen LogP) is 1.33. The van der Waals surface area contributed by atoms with E-state index in [-0.39, 0.29) is 5.41 Å². The Hall–Kier alpha value is -1.05. The monoisotopic (exact) mass is 293 g/mol. The van der Waals surface area contributed by atoms with Gasteiger partial charge in [0.2, 0.25) is 4.96 Å². The molecule has 7 heteroatoms. The topological polar surface area (TPSA) is 64.3 Å². The summed E-state index contributed by atoms with van der Waals surface area (Å²) < 4.78 is 7.41. The van der Waals surface area contributed by atoms with Crippen molar-refractivity contribution < 1.29 is 4.74 Å². The number of piperidine rings is 1. The molecule has 2 aromatic heterocycles. The van der Waals surface area contributed by atoms with Gasteiger partial charge in [0.25, 0.3) is 0 Å². The minimum atomic E-state index is 0.181. The summed E-state index contributed by atoms with van der Waals surface area (Å²) in [4.78, 5) is 0.918. The minimum Gasteiger partial charge on any atom is -0.381 e. The number of hydrogen-bond acceptors (Lipinski definition) is 6. The Morgan fingerprint density at radius 1 is 1.35 bits per heavy atom. The Labute approximate surface area is 121 Å². The van der Waals surface area contributed by atoms with Crippen LogP contribution in [-0.2, 0) is 10.2 Å². The van der Waals surface area contributed by atoms with Crippen LogP contribution >= 0.6 is 11.3 Å². The van der Waals surface area contributed by atoms with Gasteiger partial charge in [0.05, 0.1) is 6.61 Å². The van der Waals surface area contributed by atoms with E-state index < -0.39 is 0 Å². The van der Waals surface area contributed by atoms with Crippen molar-refractivity contribution in [1.29, 1.82) is 0 Å². The van der Waals surface area contributed by atoms with Gasteiger partial charge in [-0.1, -0.05) is 18.3 Å². The van der Waals surface area contributed by atoms with Crippen LogP contribution < -0.4 is 5.32 Å². The molecule has 2 aliphatic heterocycles. The predicted molar refractivity (Wildman–Crippen MR) is 76.3 cm³/mol. The van der Waals surface area contributed by atoms with Gasteiger partial charge in [-0.3, -0.25) is 0 Å². The van der Waals surface area contributed by atoms with E-state index in [1.54, 1.807) is 11.3 Å². The first-order chi connectivity index (χ1) is 9.76. The van der Waals surface area contributed by atoms with Crippen LogP contribution in [-0.4, -0.2) is 46.1 Å². The fourth-order valence-electron chi connectivity index (χ4n) is 3.06. The van der Waals surface area contributed by atoms with Crippen molar-refractivity contribution >= 4 is 16.3 Å². The summed E-state index contributed by atoms with van der Waals surface area (Å²) in [5.74, 6) is 1.32. The number of fused-ring (bicyclic) bond motifs is 1. The summed E-state index contributed by atoms with van der Waals surface area (Å²) in [5.41, 5.74) is 0.181. The van der Waals surface area contributed by atoms with Crippen LogP contribution in [0.5, 0.6) is 0 Å². The summed E-state index contributed by atoms with van der Waals surface area (Å²) in [6.07, 6.45) is 3.30. The summed E-state index contributed by atoms with van der Waals surface area (Å²) in [7, 11) is 0. The number of ether oxygens (including phenoxy) is 1. The molecular weight excluding hydrogens is 274 g/mol. The summed E-state index contributed by atoms with van der Waals surface area (Å²) in [6.45, 7) is 6.02. The van der Waals surface area contributed by atoms with Crippen LogP contribution in [0.4, 0.5) is 0 Å². The van der Waals surface area contributed by atoms with E-state index in [0.29, 0.717) is 5.92 Å². The molecule has 108 valence electrons. The first kappa shape index (κ1) is 12.7. The molecule has 0 amide bonds. The third kappa shape index (κ3) is 1.96. The molecule has 0 saturated carbocycles. The summed E-state index contributed by atoms with van der Waals surface area (Å²) in [6, 6.07) is 0. The van der Waals surface area contributed by atoms with Gasteiger partial charge in [0, 0.05) is 17.9 Å². The average Bonchev–Trinajstić information content (AvgIpc) is 3.15. The number of rotatable bonds is 2. The molecule has 0 aliphatic carbocycles. The number of nitrogens with zero attached hydrogens (tertiary/aromatic N) is 4. The van der Waals surface area contributed by atoms with Crippen LogP contribution in [0.25, 0.3) is 4.96 Å². The number of hydrogen-bond donors (Lipinski definition) is 1. The minimum absolute atomic E-state index is 0.181. The molecule has 0 bridgehead atoms. The van der Waals surface area contributed by atoms with E-state index in [0.717, 1.165) is 56.4 Å². The van der Waals surface area contributed by atoms with Crippen LogP contribution in [0.1, 0.15) is 42.9 Å². The van der Waals surface area contributed by atoms with E-state index >= 15 is 0 Å². The zero-order valence-electron chi connectivity index (χ0n) is 11.6. The highest BCUT2D eigenvalue weighted by atomic mass is 32.1. The smallest absolute Gasteiger partial charge is 0.234 e. The second kappa shape index (κ2) is 4.75. The molecule has 1 N–H and O–H groups in total. The van der Waals surface area contributed by atoms with Crippen molar-refractivity contribution in [3.8, 4) is 0 Å². The first-order valence-electron chi connectivity index (χ1n) is 7.27. The zero-order chi connectivity index (χ0) is 13.6. The quantitative estimate of drug-likeness (QED) is 0.905. The second-order valence-corrected chi connectivity index (χ2v) is 6.99. The highest BCUT2D eigenvalue weighted by Gasteiger charge is 2.34. The van der Waals surface area contributed by atoms with Crippen LogP contribution in [0, 0.1) is 0 Å². The molecule has 1 atom stereocenters. The highest BCUT2D eigenvalue weighted by molar-refractivity contribution is 7.16. The van der Waals surface area contributed by atoms with Gasteiger partial charge in [-0.25, -0.2) is 0 Å². The summed E-state index contributed by atoms with van der Waals surface area (Å²) >= 11 is 1.69. The third-order valence-corrected chi connectivity index (χ3v) is 5.74. The molecule has 20 heavy (non-hydrogen) atoms. The first-order valence-corrected chi connectivity index (χ1v) is 8.09. The maximum absolute atomic E-state index is 5.46. The normalized spacial score (nSPS) is 26.4. The third-order valence-electron chi connectivity index (χ3n) is 4.53. The van der Waals surface area contributed by atoms with Crippen molar-refractivity contribution in [1.82, 2.24) is 25.1 Å². The van der Waals surface area contributed by atoms with Crippen molar-refractivity contribution in [2.45, 2.75) is 37.5 Å². The fourth-order valence-corrected chi connectivity index (χ4v) is 4.11. The maximum atomic E-state index is 5.46. The molecule has 2 aliphatic rings. The van der Waals surface area contributed by atoms with E-state index in [4.69, 9.17) is 9.84 Å². The van der Waals surface area contributed by atoms with Gasteiger partial charge in [-0.2, -0.15) is 9.61 Å². The number of nitrogens with one attached hydrogen (secondary N) is 1. The summed E-state index contributed by atoms with van der Waals surface area (Å²) in [5, 5.41) is 18.1. The van der Waals surface area contributed by atoms with Gasteiger partial charge >= 0.3 is 0 Å². The van der Waals surface area contributed by atoms with E-state index in [1.807, 2.05) is 4.52 Å². The highest BCUT2D eigenvalue weighted by Crippen LogP contribution is 2.36. The molecule has 0 aromatic carbocycles. The SMILES string of the molecule is CC1(c2nn3c(C4CCOC4)nnc3s2)CCNCC1. The van der Waals surface area contributed by atoms with Gasteiger partial charge in [-0.05, 0) is 32.4 Å². The van der Waals surface area contributed by atoms with Crippen molar-refractivity contribution in [3.63, 3.8) is 0 Å². The molecule has 2 fully saturated rings. The zero-order valence-corrected chi connectivity index (χ0v) is 12.4. The molecule has 6 nitrogen and oxygen atoms in total. The molecule has 2 aromatic rings. The molecule has 0 spiro atoms. The lowest BCUT2D eigenvalue weighted by molar-refractivity contribution is 0.193. The van der Waals surface area contributed by atoms with Crippen LogP contribution in [0.3, 0.4) is 0 Å². The van der Waals surface area contributed by atoms with Gasteiger partial charge < -0.3 is 10.1 Å². The largest absolute Gasteiger partial charge is 0.381 e. The van der Waals surface area contributed by atoms with E-state index in [2.05, 4.69) is 22.4 Å². The van der Waals surface area contributed by atoms with Gasteiger partial charge in [-0.15, -0.1) is 10.2 Å². The standard InChI is InChI=1S/C13H19N5OS/c1-13(3-5-14-6-4-13)11-17-18-10(9-2-7-19-8-9)15-16-12(18)20-11/h9,14H,2-8H2,1H3. The van der Waals surface area contributed by atoms with Crippen molar-refractivity contribution in [2.24, 2.45) is 0 Å². The molecule has 0 radical (unpaired) electrons.